The zero-order valence-electron chi connectivity index (χ0n) is 16.6. The quantitative estimate of drug-likeness (QED) is 0.304. The normalized spacial score (nSPS) is 8.56. The molecule has 0 aliphatic carbocycles. The Morgan fingerprint density at radius 2 is 0.519 bits per heavy atom. The second-order valence-corrected chi connectivity index (χ2v) is 6.05. The van der Waals surface area contributed by atoms with Gasteiger partial charge in [0.05, 0.1) is 0 Å². The summed E-state index contributed by atoms with van der Waals surface area (Å²) < 4.78 is 0. The highest BCUT2D eigenvalue weighted by Crippen LogP contribution is 2.02. The maximum absolute atomic E-state index is 2.12. The van der Waals surface area contributed by atoms with Crippen molar-refractivity contribution in [3.8, 4) is 0 Å². The van der Waals surface area contributed by atoms with Crippen molar-refractivity contribution < 1.29 is 0 Å². The largest absolute Gasteiger partial charge is 0.0623 e. The molecule has 27 heavy (non-hydrogen) atoms. The first kappa shape index (κ1) is 21.9. The molecule has 4 aromatic carbocycles. The van der Waals surface area contributed by atoms with Crippen LogP contribution < -0.4 is 0 Å². The van der Waals surface area contributed by atoms with Crippen molar-refractivity contribution in [2.24, 2.45) is 0 Å². The molecule has 0 N–H and O–H groups in total. The predicted octanol–water partition coefficient (Wildman–Crippen LogP) is 7.67. The predicted molar refractivity (Wildman–Crippen MR) is 120 cm³/mol. The summed E-state index contributed by atoms with van der Waals surface area (Å²) in [6.45, 7) is 6.32. The molecule has 0 radical (unpaired) electrons. The van der Waals surface area contributed by atoms with Gasteiger partial charge < -0.3 is 0 Å². The summed E-state index contributed by atoms with van der Waals surface area (Å²) in [5, 5.41) is 0. The molecule has 0 aromatic heterocycles. The van der Waals surface area contributed by atoms with E-state index < -0.39 is 0 Å². The number of benzene rings is 4. The Hall–Kier alpha value is -3.12. The van der Waals surface area contributed by atoms with E-state index in [1.165, 1.54) is 16.7 Å². The Kier molecular flexibility index (Phi) is 12.3. The van der Waals surface area contributed by atoms with Crippen molar-refractivity contribution in [1.29, 1.82) is 0 Å². The van der Waals surface area contributed by atoms with Gasteiger partial charge in [-0.15, -0.1) is 0 Å². The van der Waals surface area contributed by atoms with Crippen LogP contribution >= 0.6 is 0 Å². The maximum atomic E-state index is 2.12. The van der Waals surface area contributed by atoms with Gasteiger partial charge in [0.2, 0.25) is 0 Å². The van der Waals surface area contributed by atoms with Crippen LogP contribution in [0.2, 0.25) is 0 Å². The van der Waals surface area contributed by atoms with E-state index in [9.17, 15) is 0 Å². The first-order chi connectivity index (χ1) is 13.2. The lowest BCUT2D eigenvalue weighted by Gasteiger charge is -1.93. The van der Waals surface area contributed by atoms with Crippen LogP contribution in [0, 0.1) is 20.8 Å². The Bertz CT molecular complexity index is 685. The molecule has 0 aliphatic heterocycles. The highest BCUT2D eigenvalue weighted by Gasteiger charge is 1.83. The molecule has 4 rings (SSSR count). The molecule has 0 heteroatoms. The summed E-state index contributed by atoms with van der Waals surface area (Å²) >= 11 is 0. The second kappa shape index (κ2) is 15.2. The Labute approximate surface area is 165 Å². The smallest absolute Gasteiger partial charge is 0.0395 e. The molecule has 0 aliphatic rings. The maximum Gasteiger partial charge on any atom is -0.0395 e. The molecular weight excluding hydrogens is 324 g/mol. The molecule has 0 spiro atoms. The van der Waals surface area contributed by atoms with E-state index in [1.807, 2.05) is 91.0 Å². The average molecular weight is 355 g/mol. The number of hydrogen-bond donors (Lipinski definition) is 0. The van der Waals surface area contributed by atoms with Crippen LogP contribution in [0.3, 0.4) is 0 Å². The fourth-order valence-corrected chi connectivity index (χ4v) is 1.97. The third-order valence-corrected chi connectivity index (χ3v) is 3.70. The zero-order chi connectivity index (χ0) is 19.6. The minimum Gasteiger partial charge on any atom is -0.0623 e. The van der Waals surface area contributed by atoms with E-state index in [0.29, 0.717) is 0 Å². The first-order valence-electron chi connectivity index (χ1n) is 9.24. The Morgan fingerprint density at radius 3 is 0.704 bits per heavy atom. The summed E-state index contributed by atoms with van der Waals surface area (Å²) in [6, 6.07) is 42.6. The average Bonchev–Trinajstić information content (AvgIpc) is 2.75. The van der Waals surface area contributed by atoms with E-state index in [1.54, 1.807) is 0 Å². The third kappa shape index (κ3) is 12.8. The van der Waals surface area contributed by atoms with Crippen molar-refractivity contribution in [2.45, 2.75) is 20.8 Å². The summed E-state index contributed by atoms with van der Waals surface area (Å²) in [6.07, 6.45) is 0. The Morgan fingerprint density at radius 1 is 0.296 bits per heavy atom. The van der Waals surface area contributed by atoms with Crippen molar-refractivity contribution in [2.75, 3.05) is 0 Å². The van der Waals surface area contributed by atoms with Crippen LogP contribution in [0.4, 0.5) is 0 Å². The van der Waals surface area contributed by atoms with Gasteiger partial charge >= 0.3 is 0 Å². The molecule has 0 saturated heterocycles. The van der Waals surface area contributed by atoms with Gasteiger partial charge in [-0.25, -0.2) is 0 Å². The van der Waals surface area contributed by atoms with Gasteiger partial charge in [0.1, 0.15) is 0 Å². The standard InChI is InChI=1S/C8H10.C7H8.2C6H6/c1-7-5-3-4-6-8(7)2;1-7-5-3-2-4-6-7;2*1-2-4-6-5-3-1/h3-6H,1-2H3;2-6H,1H3;2*1-6H. The molecule has 4 aromatic rings. The third-order valence-electron chi connectivity index (χ3n) is 3.70. The SMILES string of the molecule is Cc1ccccc1.Cc1ccccc1C.c1ccccc1.c1ccccc1. The summed E-state index contributed by atoms with van der Waals surface area (Å²) in [5.74, 6) is 0. The van der Waals surface area contributed by atoms with Crippen molar-refractivity contribution >= 4 is 0 Å². The van der Waals surface area contributed by atoms with Crippen LogP contribution in [0.1, 0.15) is 16.7 Å². The molecule has 0 atom stereocenters. The molecule has 0 amide bonds. The highest BCUT2D eigenvalue weighted by atomic mass is 13.9. The minimum absolute atomic E-state index is 1.32. The fraction of sp³-hybridized carbons (Fsp3) is 0.111. The van der Waals surface area contributed by atoms with Gasteiger partial charge in [-0.1, -0.05) is 133 Å². The van der Waals surface area contributed by atoms with E-state index in [4.69, 9.17) is 0 Å². The first-order valence-corrected chi connectivity index (χ1v) is 9.24. The lowest BCUT2D eigenvalue weighted by atomic mass is 10.1. The van der Waals surface area contributed by atoms with Crippen LogP contribution in [-0.2, 0) is 0 Å². The van der Waals surface area contributed by atoms with Gasteiger partial charge in [-0.05, 0) is 31.9 Å². The number of aryl methyl sites for hydroxylation is 3. The van der Waals surface area contributed by atoms with Crippen molar-refractivity contribution in [1.82, 2.24) is 0 Å². The summed E-state index contributed by atoms with van der Waals surface area (Å²) in [4.78, 5) is 0. The molecule has 0 saturated carbocycles. The van der Waals surface area contributed by atoms with Gasteiger partial charge in [0, 0.05) is 0 Å². The molecule has 0 fully saturated rings. The van der Waals surface area contributed by atoms with Gasteiger partial charge in [-0.2, -0.15) is 0 Å². The van der Waals surface area contributed by atoms with E-state index >= 15 is 0 Å². The highest BCUT2D eigenvalue weighted by molar-refractivity contribution is 5.23. The zero-order valence-corrected chi connectivity index (χ0v) is 16.6. The molecule has 0 heterocycles. The number of rotatable bonds is 0. The van der Waals surface area contributed by atoms with Crippen LogP contribution in [0.5, 0.6) is 0 Å². The summed E-state index contributed by atoms with van der Waals surface area (Å²) in [5.41, 5.74) is 4.06. The van der Waals surface area contributed by atoms with Crippen LogP contribution in [0.25, 0.3) is 0 Å². The van der Waals surface area contributed by atoms with E-state index in [-0.39, 0.29) is 0 Å². The fourth-order valence-electron chi connectivity index (χ4n) is 1.97. The molecular formula is C27H30. The van der Waals surface area contributed by atoms with Crippen LogP contribution in [0.15, 0.2) is 127 Å². The minimum atomic E-state index is 1.32. The van der Waals surface area contributed by atoms with Crippen molar-refractivity contribution in [3.05, 3.63) is 144 Å². The second-order valence-electron chi connectivity index (χ2n) is 6.05. The lowest BCUT2D eigenvalue weighted by Crippen LogP contribution is -1.74. The van der Waals surface area contributed by atoms with E-state index in [2.05, 4.69) is 57.2 Å². The Balaban J connectivity index is 0.000000181. The monoisotopic (exact) mass is 354 g/mol. The lowest BCUT2D eigenvalue weighted by molar-refractivity contribution is 1.34. The molecule has 0 nitrogen and oxygen atoms in total. The summed E-state index contributed by atoms with van der Waals surface area (Å²) in [7, 11) is 0. The van der Waals surface area contributed by atoms with Gasteiger partial charge in [0.15, 0.2) is 0 Å². The molecule has 0 unspecified atom stereocenters. The van der Waals surface area contributed by atoms with Crippen LogP contribution in [-0.4, -0.2) is 0 Å². The topological polar surface area (TPSA) is 0 Å². The molecule has 0 bridgehead atoms. The van der Waals surface area contributed by atoms with Gasteiger partial charge in [-0.3, -0.25) is 0 Å². The molecule has 138 valence electrons. The van der Waals surface area contributed by atoms with E-state index in [0.717, 1.165) is 0 Å². The number of hydrogen-bond acceptors (Lipinski definition) is 0. The van der Waals surface area contributed by atoms with Crippen molar-refractivity contribution in [3.63, 3.8) is 0 Å². The van der Waals surface area contributed by atoms with Gasteiger partial charge in [0.25, 0.3) is 0 Å².